The van der Waals surface area contributed by atoms with E-state index in [4.69, 9.17) is 10.2 Å². The number of hydrogen-bond donors (Lipinski definition) is 1. The first kappa shape index (κ1) is 10.3. The van der Waals surface area contributed by atoms with Crippen molar-refractivity contribution in [3.63, 3.8) is 0 Å². The van der Waals surface area contributed by atoms with Crippen LogP contribution in [0.25, 0.3) is 0 Å². The van der Waals surface area contributed by atoms with Crippen LogP contribution in [0.1, 0.15) is 31.2 Å². The lowest BCUT2D eigenvalue weighted by atomic mass is 10.1. The number of aromatic nitrogens is 1. The minimum Gasteiger partial charge on any atom is -0.445 e. The highest BCUT2D eigenvalue weighted by atomic mass is 16.4. The molecule has 0 amide bonds. The number of hydrogen-bond acceptors (Lipinski definition) is 3. The zero-order valence-corrected chi connectivity index (χ0v) is 8.63. The fraction of sp³-hybridized carbons (Fsp3) is 0.700. The summed E-state index contributed by atoms with van der Waals surface area (Å²) < 4.78 is 5.57. The van der Waals surface area contributed by atoms with Gasteiger partial charge in [-0.2, -0.15) is 0 Å². The van der Waals surface area contributed by atoms with Gasteiger partial charge in [-0.05, 0) is 19.4 Å². The second-order valence-electron chi connectivity index (χ2n) is 3.75. The smallest absolute Gasteiger partial charge is 0.194 e. The van der Waals surface area contributed by atoms with Crippen LogP contribution < -0.4 is 5.73 Å². The Labute approximate surface area is 79.3 Å². The molecule has 0 aromatic carbocycles. The molecule has 0 aliphatic carbocycles. The first-order valence-electron chi connectivity index (χ1n) is 4.78. The van der Waals surface area contributed by atoms with E-state index in [9.17, 15) is 0 Å². The zero-order valence-electron chi connectivity index (χ0n) is 8.63. The Morgan fingerprint density at radius 3 is 2.69 bits per heavy atom. The molecule has 0 atom stereocenters. The third-order valence-corrected chi connectivity index (χ3v) is 1.89. The molecular weight excluding hydrogens is 164 g/mol. The van der Waals surface area contributed by atoms with E-state index in [2.05, 4.69) is 18.8 Å². The molecule has 1 heterocycles. The predicted molar refractivity (Wildman–Crippen MR) is 52.5 cm³/mol. The summed E-state index contributed by atoms with van der Waals surface area (Å²) in [6.45, 7) is 6.90. The lowest BCUT2D eigenvalue weighted by Crippen LogP contribution is -2.02. The fourth-order valence-corrected chi connectivity index (χ4v) is 1.29. The molecule has 0 saturated heterocycles. The molecule has 0 radical (unpaired) electrons. The molecule has 0 unspecified atom stereocenters. The molecule has 0 aliphatic heterocycles. The van der Waals surface area contributed by atoms with E-state index in [1.54, 1.807) is 0 Å². The maximum atomic E-state index is 5.57. The Kier molecular flexibility index (Phi) is 3.48. The molecule has 2 N–H and O–H groups in total. The van der Waals surface area contributed by atoms with Crippen molar-refractivity contribution < 1.29 is 4.42 Å². The van der Waals surface area contributed by atoms with Crippen LogP contribution >= 0.6 is 0 Å². The van der Waals surface area contributed by atoms with Gasteiger partial charge in [0.2, 0.25) is 0 Å². The van der Waals surface area contributed by atoms with Gasteiger partial charge in [0.1, 0.15) is 5.76 Å². The Bertz CT molecular complexity index is 266. The third kappa shape index (κ3) is 2.84. The summed E-state index contributed by atoms with van der Waals surface area (Å²) in [5.41, 5.74) is 6.44. The molecule has 3 nitrogen and oxygen atoms in total. The van der Waals surface area contributed by atoms with Crippen molar-refractivity contribution in [2.24, 2.45) is 11.7 Å². The van der Waals surface area contributed by atoms with Crippen LogP contribution in [-0.4, -0.2) is 11.5 Å². The number of oxazole rings is 1. The molecule has 1 rings (SSSR count). The highest BCUT2D eigenvalue weighted by Crippen LogP contribution is 2.13. The number of nitrogens with two attached hydrogens (primary N) is 1. The van der Waals surface area contributed by atoms with E-state index in [0.717, 1.165) is 30.2 Å². The topological polar surface area (TPSA) is 52.0 Å². The molecule has 0 fully saturated rings. The quantitative estimate of drug-likeness (QED) is 0.770. The molecule has 0 bridgehead atoms. The van der Waals surface area contributed by atoms with Gasteiger partial charge in [-0.25, -0.2) is 4.98 Å². The van der Waals surface area contributed by atoms with Crippen molar-refractivity contribution in [2.75, 3.05) is 6.54 Å². The van der Waals surface area contributed by atoms with Crippen molar-refractivity contribution >= 4 is 0 Å². The van der Waals surface area contributed by atoms with E-state index in [1.807, 2.05) is 6.92 Å². The van der Waals surface area contributed by atoms with Gasteiger partial charge < -0.3 is 10.2 Å². The van der Waals surface area contributed by atoms with Gasteiger partial charge in [0, 0.05) is 12.8 Å². The summed E-state index contributed by atoms with van der Waals surface area (Å²) in [6.07, 6.45) is 1.70. The molecule has 0 spiro atoms. The molecule has 13 heavy (non-hydrogen) atoms. The fourth-order valence-electron chi connectivity index (χ4n) is 1.29. The van der Waals surface area contributed by atoms with Gasteiger partial charge in [-0.3, -0.25) is 0 Å². The lowest BCUT2D eigenvalue weighted by Gasteiger charge is -1.97. The number of aryl methyl sites for hydroxylation is 1. The van der Waals surface area contributed by atoms with Crippen LogP contribution in [-0.2, 0) is 12.8 Å². The van der Waals surface area contributed by atoms with E-state index < -0.39 is 0 Å². The normalized spacial score (nSPS) is 11.2. The first-order chi connectivity index (χ1) is 6.13. The molecule has 1 aromatic rings. The zero-order chi connectivity index (χ0) is 9.84. The maximum Gasteiger partial charge on any atom is 0.194 e. The SMILES string of the molecule is Cc1nc(CC(C)C)oc1CCN. The predicted octanol–water partition coefficient (Wildman–Crippen LogP) is 1.68. The number of rotatable bonds is 4. The lowest BCUT2D eigenvalue weighted by molar-refractivity contribution is 0.428. The second-order valence-corrected chi connectivity index (χ2v) is 3.75. The van der Waals surface area contributed by atoms with Crippen LogP contribution in [0.4, 0.5) is 0 Å². The summed E-state index contributed by atoms with van der Waals surface area (Å²) >= 11 is 0. The van der Waals surface area contributed by atoms with Crippen molar-refractivity contribution in [3.05, 3.63) is 17.3 Å². The third-order valence-electron chi connectivity index (χ3n) is 1.89. The monoisotopic (exact) mass is 182 g/mol. The van der Waals surface area contributed by atoms with Gasteiger partial charge in [0.15, 0.2) is 5.89 Å². The Hall–Kier alpha value is -0.830. The Balaban J connectivity index is 2.70. The average molecular weight is 182 g/mol. The van der Waals surface area contributed by atoms with Crippen molar-refractivity contribution in [3.8, 4) is 0 Å². The highest BCUT2D eigenvalue weighted by molar-refractivity contribution is 5.08. The minimum absolute atomic E-state index is 0.587. The van der Waals surface area contributed by atoms with Gasteiger partial charge in [-0.1, -0.05) is 13.8 Å². The van der Waals surface area contributed by atoms with Crippen LogP contribution in [0.2, 0.25) is 0 Å². The van der Waals surface area contributed by atoms with Gasteiger partial charge in [-0.15, -0.1) is 0 Å². The van der Waals surface area contributed by atoms with E-state index in [-0.39, 0.29) is 0 Å². The van der Waals surface area contributed by atoms with Gasteiger partial charge >= 0.3 is 0 Å². The average Bonchev–Trinajstić information content (AvgIpc) is 2.31. The molecule has 3 heteroatoms. The number of nitrogens with zero attached hydrogens (tertiary/aromatic N) is 1. The largest absolute Gasteiger partial charge is 0.445 e. The summed E-state index contributed by atoms with van der Waals surface area (Å²) in [5.74, 6) is 2.37. The van der Waals surface area contributed by atoms with Crippen LogP contribution in [0, 0.1) is 12.8 Å². The van der Waals surface area contributed by atoms with Crippen molar-refractivity contribution in [1.29, 1.82) is 0 Å². The standard InChI is InChI=1S/C10H18N2O/c1-7(2)6-10-12-8(3)9(13-10)4-5-11/h7H,4-6,11H2,1-3H3. The molecule has 0 aliphatic rings. The maximum absolute atomic E-state index is 5.57. The van der Waals surface area contributed by atoms with Crippen molar-refractivity contribution in [2.45, 2.75) is 33.6 Å². The van der Waals surface area contributed by atoms with E-state index in [0.29, 0.717) is 12.5 Å². The Morgan fingerprint density at radius 1 is 1.46 bits per heavy atom. The van der Waals surface area contributed by atoms with Gasteiger partial charge in [0.25, 0.3) is 0 Å². The van der Waals surface area contributed by atoms with Crippen LogP contribution in [0.15, 0.2) is 4.42 Å². The van der Waals surface area contributed by atoms with E-state index in [1.165, 1.54) is 0 Å². The van der Waals surface area contributed by atoms with Crippen LogP contribution in [0.3, 0.4) is 0 Å². The first-order valence-corrected chi connectivity index (χ1v) is 4.78. The summed E-state index contributed by atoms with van der Waals surface area (Å²) in [5, 5.41) is 0. The molecular formula is C10H18N2O. The highest BCUT2D eigenvalue weighted by Gasteiger charge is 2.09. The molecule has 0 saturated carbocycles. The van der Waals surface area contributed by atoms with Crippen molar-refractivity contribution in [1.82, 2.24) is 4.98 Å². The summed E-state index contributed by atoms with van der Waals surface area (Å²) in [4.78, 5) is 4.35. The van der Waals surface area contributed by atoms with E-state index >= 15 is 0 Å². The minimum atomic E-state index is 0.587. The van der Waals surface area contributed by atoms with Crippen LogP contribution in [0.5, 0.6) is 0 Å². The molecule has 74 valence electrons. The molecule has 1 aromatic heterocycles. The Morgan fingerprint density at radius 2 is 2.15 bits per heavy atom. The summed E-state index contributed by atoms with van der Waals surface area (Å²) in [7, 11) is 0. The summed E-state index contributed by atoms with van der Waals surface area (Å²) in [6, 6.07) is 0. The second kappa shape index (κ2) is 4.42. The van der Waals surface area contributed by atoms with Gasteiger partial charge in [0.05, 0.1) is 5.69 Å².